The number of benzene rings is 1. The van der Waals surface area contributed by atoms with Crippen LogP contribution >= 0.6 is 11.6 Å². The van der Waals surface area contributed by atoms with Gasteiger partial charge in [0, 0.05) is 54.5 Å². The Bertz CT molecular complexity index is 1110. The van der Waals surface area contributed by atoms with Crippen molar-refractivity contribution >= 4 is 34.6 Å². The third kappa shape index (κ3) is 8.10. The normalized spacial score (nSPS) is 27.7. The zero-order valence-electron chi connectivity index (χ0n) is 27.9. The largest absolute Gasteiger partial charge is 0.614 e. The van der Waals surface area contributed by atoms with Crippen molar-refractivity contribution in [2.45, 2.75) is 109 Å². The first-order valence-corrected chi connectivity index (χ1v) is 17.9. The molecule has 1 aromatic rings. The molecule has 1 aliphatic carbocycles. The lowest BCUT2D eigenvalue weighted by molar-refractivity contribution is -0.142. The van der Waals surface area contributed by atoms with Crippen LogP contribution in [-0.4, -0.2) is 98.6 Å². The maximum absolute atomic E-state index is 14.7. The monoisotopic (exact) mass is 634 g/mol. The molecule has 0 bridgehead atoms. The van der Waals surface area contributed by atoms with Crippen molar-refractivity contribution in [3.63, 3.8) is 0 Å². The van der Waals surface area contributed by atoms with Gasteiger partial charge in [0.25, 0.3) is 0 Å². The molecular weight excluding hydrogens is 580 g/mol. The molecular formula is C34H55ClN4O3S. The topological polar surface area (TPSA) is 70.2 Å². The predicted octanol–water partition coefficient (Wildman–Crippen LogP) is 5.80. The Morgan fingerprint density at radius 1 is 1.05 bits per heavy atom. The van der Waals surface area contributed by atoms with E-state index < -0.39 is 16.5 Å². The van der Waals surface area contributed by atoms with Gasteiger partial charge in [0.2, 0.25) is 11.8 Å². The summed E-state index contributed by atoms with van der Waals surface area (Å²) in [5.74, 6) is 0.224. The van der Waals surface area contributed by atoms with Crippen LogP contribution in [0.5, 0.6) is 0 Å². The van der Waals surface area contributed by atoms with Gasteiger partial charge in [-0.1, -0.05) is 51.4 Å². The quantitative estimate of drug-likeness (QED) is 0.338. The Hall–Kier alpha value is -1.32. The van der Waals surface area contributed by atoms with Gasteiger partial charge in [0.05, 0.1) is 12.0 Å². The van der Waals surface area contributed by atoms with E-state index in [1.165, 1.54) is 0 Å². The van der Waals surface area contributed by atoms with E-state index in [2.05, 4.69) is 44.4 Å². The van der Waals surface area contributed by atoms with Gasteiger partial charge >= 0.3 is 0 Å². The highest BCUT2D eigenvalue weighted by Crippen LogP contribution is 2.42. The van der Waals surface area contributed by atoms with Crippen molar-refractivity contribution in [2.24, 2.45) is 17.3 Å². The molecule has 0 spiro atoms. The first kappa shape index (κ1) is 34.6. The lowest BCUT2D eigenvalue weighted by atomic mass is 9.75. The number of rotatable bonds is 8. The maximum atomic E-state index is 14.7. The van der Waals surface area contributed by atoms with Crippen molar-refractivity contribution < 1.29 is 14.1 Å². The summed E-state index contributed by atoms with van der Waals surface area (Å²) in [5, 5.41) is 0.261. The third-order valence-electron chi connectivity index (χ3n) is 9.93. The molecule has 0 aromatic heterocycles. The van der Waals surface area contributed by atoms with E-state index in [-0.39, 0.29) is 52.6 Å². The molecule has 4 rings (SSSR count). The number of hydrogen-bond donors (Lipinski definition) is 0. The lowest BCUT2D eigenvalue weighted by Gasteiger charge is -2.43. The highest BCUT2D eigenvalue weighted by Gasteiger charge is 2.52. The first-order valence-electron chi connectivity index (χ1n) is 16.1. The van der Waals surface area contributed by atoms with Crippen LogP contribution in [0.3, 0.4) is 0 Å². The highest BCUT2D eigenvalue weighted by molar-refractivity contribution is 7.91. The van der Waals surface area contributed by atoms with E-state index in [1.54, 1.807) is 0 Å². The average Bonchev–Trinajstić information content (AvgIpc) is 3.55. The smallest absolute Gasteiger partial charge is 0.231 e. The van der Waals surface area contributed by atoms with Crippen LogP contribution in [0.25, 0.3) is 0 Å². The number of amides is 2. The van der Waals surface area contributed by atoms with Crippen LogP contribution in [0.4, 0.5) is 0 Å². The van der Waals surface area contributed by atoms with Crippen LogP contribution in [0.15, 0.2) is 24.3 Å². The summed E-state index contributed by atoms with van der Waals surface area (Å²) in [6.07, 6.45) is 4.68. The molecule has 43 heavy (non-hydrogen) atoms. The predicted molar refractivity (Wildman–Crippen MR) is 177 cm³/mol. The Labute approximate surface area is 268 Å². The van der Waals surface area contributed by atoms with Gasteiger partial charge in [-0.05, 0) is 94.8 Å². The van der Waals surface area contributed by atoms with Crippen molar-refractivity contribution in [1.82, 2.24) is 19.6 Å². The van der Waals surface area contributed by atoms with Crippen molar-refractivity contribution in [3.05, 3.63) is 34.9 Å². The summed E-state index contributed by atoms with van der Waals surface area (Å²) in [5.41, 5.74) is 1.31. The molecule has 1 aromatic carbocycles. The van der Waals surface area contributed by atoms with Crippen LogP contribution in [0, 0.1) is 17.3 Å². The van der Waals surface area contributed by atoms with Gasteiger partial charge in [-0.15, -0.1) is 0 Å². The fourth-order valence-electron chi connectivity index (χ4n) is 7.28. The Morgan fingerprint density at radius 2 is 1.65 bits per heavy atom. The summed E-state index contributed by atoms with van der Waals surface area (Å²) >= 11 is 4.96. The minimum Gasteiger partial charge on any atom is -0.614 e. The van der Waals surface area contributed by atoms with E-state index in [1.807, 2.05) is 62.0 Å². The van der Waals surface area contributed by atoms with Gasteiger partial charge in [0.1, 0.15) is 0 Å². The molecule has 2 aliphatic heterocycles. The third-order valence-corrected chi connectivity index (χ3v) is 12.0. The second-order valence-electron chi connectivity index (χ2n) is 15.6. The fraction of sp³-hybridized carbons (Fsp3) is 0.765. The van der Waals surface area contributed by atoms with Crippen LogP contribution < -0.4 is 0 Å². The first-order chi connectivity index (χ1) is 20.0. The minimum atomic E-state index is -1.28. The van der Waals surface area contributed by atoms with Gasteiger partial charge in [-0.2, -0.15) is 0 Å². The summed E-state index contributed by atoms with van der Waals surface area (Å²) in [6, 6.07) is 7.92. The zero-order chi connectivity index (χ0) is 31.9. The van der Waals surface area contributed by atoms with Gasteiger partial charge in [-0.25, -0.2) is 0 Å². The second kappa shape index (κ2) is 13.6. The zero-order valence-corrected chi connectivity index (χ0v) is 29.5. The van der Waals surface area contributed by atoms with E-state index in [4.69, 9.17) is 11.6 Å². The number of likely N-dealkylation sites (tertiary alicyclic amines) is 2. The van der Waals surface area contributed by atoms with Crippen LogP contribution in [0.2, 0.25) is 5.02 Å². The fourth-order valence-corrected chi connectivity index (χ4v) is 9.00. The molecule has 1 saturated carbocycles. The van der Waals surface area contributed by atoms with Crippen LogP contribution in [-0.2, 0) is 20.8 Å². The lowest BCUT2D eigenvalue weighted by Crippen LogP contribution is -2.52. The Balaban J connectivity index is 1.67. The van der Waals surface area contributed by atoms with E-state index in [0.717, 1.165) is 37.8 Å². The summed E-state index contributed by atoms with van der Waals surface area (Å²) < 4.78 is 13.9. The van der Waals surface area contributed by atoms with Crippen LogP contribution in [0.1, 0.15) is 92.1 Å². The van der Waals surface area contributed by atoms with Gasteiger partial charge in [-0.3, -0.25) is 24.3 Å². The van der Waals surface area contributed by atoms with Crippen molar-refractivity contribution in [2.75, 3.05) is 39.6 Å². The van der Waals surface area contributed by atoms with Crippen molar-refractivity contribution in [1.29, 1.82) is 0 Å². The molecule has 3 aliphatic rings. The molecule has 5 atom stereocenters. The number of carbonyl (C=O) groups is 2. The Kier molecular flexibility index (Phi) is 10.9. The standard InChI is InChI=1S/C34H55ClN4O3S/c1-23(2)31(40)39(26-14-16-34(6,7)17-15-26)27-18-30(43(42)22-36(8)9)38(19-27)32(41)29-21-37(33(3,4)5)20-28(29)24-10-12-25(35)13-11-24/h10-13,23,26-30H,14-22H2,1-9H3/t27-,28-,29+,30-,43?/m0/s1. The number of halogens is 1. The average molecular weight is 635 g/mol. The molecule has 0 radical (unpaired) electrons. The molecule has 242 valence electrons. The summed E-state index contributed by atoms with van der Waals surface area (Å²) in [4.78, 5) is 36.9. The molecule has 2 saturated heterocycles. The molecule has 0 N–H and O–H groups in total. The molecule has 1 unspecified atom stereocenters. The molecule has 2 heterocycles. The van der Waals surface area contributed by atoms with Gasteiger partial charge < -0.3 is 9.45 Å². The van der Waals surface area contributed by atoms with Gasteiger partial charge in [0.15, 0.2) is 11.3 Å². The van der Waals surface area contributed by atoms with E-state index in [9.17, 15) is 14.1 Å². The highest BCUT2D eigenvalue weighted by atomic mass is 35.5. The minimum absolute atomic E-state index is 0.0138. The summed E-state index contributed by atoms with van der Waals surface area (Å²) in [6.45, 7) is 17.0. The molecule has 2 amide bonds. The Morgan fingerprint density at radius 3 is 2.19 bits per heavy atom. The number of carbonyl (C=O) groups excluding carboxylic acids is 2. The molecule has 7 nitrogen and oxygen atoms in total. The number of hydrogen-bond acceptors (Lipinski definition) is 5. The SMILES string of the molecule is CC(C)C(=O)N(C1CCC(C)(C)CC1)[C@H]1C[C@H]([S+]([O-])CN(C)C)N(C(=O)[C@@H]2CN(C(C)(C)C)C[C@H]2c2ccc(Cl)cc2)C1. The molecule has 3 fully saturated rings. The van der Waals surface area contributed by atoms with E-state index in [0.29, 0.717) is 30.4 Å². The summed E-state index contributed by atoms with van der Waals surface area (Å²) in [7, 11) is 3.84. The van der Waals surface area contributed by atoms with E-state index >= 15 is 0 Å². The molecule has 9 heteroatoms. The second-order valence-corrected chi connectivity index (χ2v) is 17.6. The van der Waals surface area contributed by atoms with Crippen molar-refractivity contribution in [3.8, 4) is 0 Å². The number of nitrogens with zero attached hydrogens (tertiary/aromatic N) is 4. The maximum Gasteiger partial charge on any atom is 0.231 e.